The second-order valence-corrected chi connectivity index (χ2v) is 8.59. The van der Waals surface area contributed by atoms with Crippen LogP contribution >= 0.6 is 0 Å². The molecule has 1 aromatic heterocycles. The minimum absolute atomic E-state index is 0.583. The van der Waals surface area contributed by atoms with E-state index in [9.17, 15) is 0 Å². The summed E-state index contributed by atoms with van der Waals surface area (Å²) in [6.45, 7) is 9.12. The first-order valence-electron chi connectivity index (χ1n) is 11.3. The fourth-order valence-corrected chi connectivity index (χ4v) is 4.66. The lowest BCUT2D eigenvalue weighted by atomic mass is 10.0. The molecule has 1 atom stereocenters. The van der Waals surface area contributed by atoms with Crippen LogP contribution in [0.15, 0.2) is 53.1 Å². The Labute approximate surface area is 183 Å². The summed E-state index contributed by atoms with van der Waals surface area (Å²) in [6.07, 6.45) is 2.61. The molecule has 2 aliphatic heterocycles. The lowest BCUT2D eigenvalue weighted by molar-refractivity contribution is 0.0262. The summed E-state index contributed by atoms with van der Waals surface area (Å²) in [5.41, 5.74) is 4.78. The molecule has 0 N–H and O–H groups in total. The Bertz CT molecular complexity index is 978. The molecule has 2 saturated heterocycles. The molecular weight excluding hydrogens is 388 g/mol. The van der Waals surface area contributed by atoms with E-state index in [4.69, 9.17) is 9.26 Å². The fourth-order valence-electron chi connectivity index (χ4n) is 4.66. The summed E-state index contributed by atoms with van der Waals surface area (Å²) in [5.74, 6) is 1.22. The molecule has 5 rings (SSSR count). The normalized spacial score (nSPS) is 20.4. The third-order valence-corrected chi connectivity index (χ3v) is 6.42. The van der Waals surface area contributed by atoms with Gasteiger partial charge in [0, 0.05) is 44.7 Å². The lowest BCUT2D eigenvalue weighted by Crippen LogP contribution is -2.44. The van der Waals surface area contributed by atoms with Gasteiger partial charge < -0.3 is 9.26 Å². The number of hydrogen-bond donors (Lipinski definition) is 0. The van der Waals surface area contributed by atoms with Crippen molar-refractivity contribution in [1.82, 2.24) is 19.9 Å². The molecule has 2 fully saturated rings. The van der Waals surface area contributed by atoms with E-state index in [-0.39, 0.29) is 0 Å². The van der Waals surface area contributed by atoms with E-state index in [0.717, 1.165) is 38.4 Å². The number of aromatic nitrogens is 2. The molecule has 0 radical (unpaired) electrons. The van der Waals surface area contributed by atoms with Crippen LogP contribution in [0.1, 0.15) is 24.3 Å². The van der Waals surface area contributed by atoms with Gasteiger partial charge in [0.2, 0.25) is 11.7 Å². The largest absolute Gasteiger partial charge is 0.379 e. The lowest BCUT2D eigenvalue weighted by Gasteiger charge is -2.33. The van der Waals surface area contributed by atoms with Gasteiger partial charge in [-0.2, -0.15) is 4.98 Å². The minimum atomic E-state index is 0.583. The summed E-state index contributed by atoms with van der Waals surface area (Å²) in [7, 11) is 0. The Morgan fingerprint density at radius 2 is 1.58 bits per heavy atom. The first-order valence-corrected chi connectivity index (χ1v) is 11.3. The van der Waals surface area contributed by atoms with Crippen molar-refractivity contribution >= 4 is 0 Å². The van der Waals surface area contributed by atoms with Crippen molar-refractivity contribution in [2.45, 2.75) is 32.4 Å². The molecular formula is C25H30N4O2. The van der Waals surface area contributed by atoms with Crippen molar-refractivity contribution in [3.63, 3.8) is 0 Å². The van der Waals surface area contributed by atoms with Crippen LogP contribution < -0.4 is 0 Å². The molecule has 3 aromatic rings. The highest BCUT2D eigenvalue weighted by atomic mass is 16.5. The van der Waals surface area contributed by atoms with E-state index in [2.05, 4.69) is 56.3 Å². The number of nitrogens with zero attached hydrogens (tertiary/aromatic N) is 4. The zero-order chi connectivity index (χ0) is 21.0. The van der Waals surface area contributed by atoms with Crippen LogP contribution in [0.2, 0.25) is 0 Å². The standard InChI is InChI=1S/C25H30N4O2/c1-19-26-25(27-31-19)23-10-8-22(9-11-23)21-6-4-20(5-7-21)17-29-12-2-3-24(29)18-28-13-15-30-16-14-28/h4-11,24H,2-3,12-18H2,1H3/t24-/m1/s1. The topological polar surface area (TPSA) is 54.6 Å². The van der Waals surface area contributed by atoms with Crippen molar-refractivity contribution in [1.29, 1.82) is 0 Å². The van der Waals surface area contributed by atoms with Crippen LogP contribution in [-0.4, -0.2) is 65.4 Å². The van der Waals surface area contributed by atoms with Gasteiger partial charge in [0.1, 0.15) is 0 Å². The quantitative estimate of drug-likeness (QED) is 0.603. The molecule has 0 bridgehead atoms. The Kier molecular flexibility index (Phi) is 6.11. The van der Waals surface area contributed by atoms with Crippen molar-refractivity contribution in [2.24, 2.45) is 0 Å². The van der Waals surface area contributed by atoms with E-state index in [1.54, 1.807) is 6.92 Å². The number of aryl methyl sites for hydroxylation is 1. The van der Waals surface area contributed by atoms with Gasteiger partial charge in [0.15, 0.2) is 0 Å². The molecule has 0 spiro atoms. The van der Waals surface area contributed by atoms with Crippen LogP contribution in [-0.2, 0) is 11.3 Å². The van der Waals surface area contributed by atoms with Gasteiger partial charge in [0.25, 0.3) is 0 Å². The summed E-state index contributed by atoms with van der Waals surface area (Å²) in [6, 6.07) is 18.0. The predicted octanol–water partition coefficient (Wildman–Crippen LogP) is 4.01. The van der Waals surface area contributed by atoms with E-state index in [0.29, 0.717) is 17.8 Å². The van der Waals surface area contributed by atoms with E-state index in [1.807, 2.05) is 12.1 Å². The molecule has 0 unspecified atom stereocenters. The first kappa shape index (κ1) is 20.4. The molecule has 6 nitrogen and oxygen atoms in total. The Balaban J connectivity index is 1.21. The third kappa shape index (κ3) is 4.87. The van der Waals surface area contributed by atoms with Gasteiger partial charge in [-0.15, -0.1) is 0 Å². The SMILES string of the molecule is Cc1nc(-c2ccc(-c3ccc(CN4CCC[C@@H]4CN4CCOCC4)cc3)cc2)no1. The zero-order valence-corrected chi connectivity index (χ0v) is 18.2. The molecule has 31 heavy (non-hydrogen) atoms. The Morgan fingerprint density at radius 3 is 2.26 bits per heavy atom. The smallest absolute Gasteiger partial charge is 0.223 e. The van der Waals surface area contributed by atoms with Gasteiger partial charge in [-0.3, -0.25) is 9.80 Å². The molecule has 0 aliphatic carbocycles. The third-order valence-electron chi connectivity index (χ3n) is 6.42. The average Bonchev–Trinajstić information content (AvgIpc) is 3.44. The molecule has 0 amide bonds. The van der Waals surface area contributed by atoms with E-state index >= 15 is 0 Å². The highest BCUT2D eigenvalue weighted by molar-refractivity contribution is 5.67. The fraction of sp³-hybridized carbons (Fsp3) is 0.440. The molecule has 6 heteroatoms. The van der Waals surface area contributed by atoms with Gasteiger partial charge in [-0.25, -0.2) is 0 Å². The number of hydrogen-bond acceptors (Lipinski definition) is 6. The summed E-state index contributed by atoms with van der Waals surface area (Å²) < 4.78 is 10.6. The van der Waals surface area contributed by atoms with E-state index < -0.39 is 0 Å². The van der Waals surface area contributed by atoms with Crippen LogP contribution in [0, 0.1) is 6.92 Å². The monoisotopic (exact) mass is 418 g/mol. The van der Waals surface area contributed by atoms with Crippen molar-refractivity contribution in [3.8, 4) is 22.5 Å². The molecule has 3 heterocycles. The van der Waals surface area contributed by atoms with Crippen LogP contribution in [0.4, 0.5) is 0 Å². The average molecular weight is 419 g/mol. The Morgan fingerprint density at radius 1 is 0.903 bits per heavy atom. The molecule has 162 valence electrons. The summed E-state index contributed by atoms with van der Waals surface area (Å²) >= 11 is 0. The number of likely N-dealkylation sites (tertiary alicyclic amines) is 1. The molecule has 2 aromatic carbocycles. The van der Waals surface area contributed by atoms with Crippen LogP contribution in [0.25, 0.3) is 22.5 Å². The highest BCUT2D eigenvalue weighted by Crippen LogP contribution is 2.26. The molecule has 0 saturated carbocycles. The number of rotatable bonds is 6. The molecule has 2 aliphatic rings. The summed E-state index contributed by atoms with van der Waals surface area (Å²) in [5, 5.41) is 3.99. The van der Waals surface area contributed by atoms with Gasteiger partial charge >= 0.3 is 0 Å². The van der Waals surface area contributed by atoms with Gasteiger partial charge in [-0.05, 0) is 36.1 Å². The maximum atomic E-state index is 5.50. The van der Waals surface area contributed by atoms with Crippen LogP contribution in [0.3, 0.4) is 0 Å². The van der Waals surface area contributed by atoms with Crippen molar-refractivity contribution < 1.29 is 9.26 Å². The second kappa shape index (κ2) is 9.30. The second-order valence-electron chi connectivity index (χ2n) is 8.59. The number of benzene rings is 2. The van der Waals surface area contributed by atoms with Crippen molar-refractivity contribution in [3.05, 3.63) is 60.0 Å². The van der Waals surface area contributed by atoms with Gasteiger partial charge in [-0.1, -0.05) is 53.7 Å². The maximum Gasteiger partial charge on any atom is 0.223 e. The highest BCUT2D eigenvalue weighted by Gasteiger charge is 2.27. The van der Waals surface area contributed by atoms with Crippen molar-refractivity contribution in [2.75, 3.05) is 39.4 Å². The number of ether oxygens (including phenoxy) is 1. The number of morpholine rings is 1. The zero-order valence-electron chi connectivity index (χ0n) is 18.2. The maximum absolute atomic E-state index is 5.50. The first-order chi connectivity index (χ1) is 15.2. The van der Waals surface area contributed by atoms with Gasteiger partial charge in [0.05, 0.1) is 13.2 Å². The van der Waals surface area contributed by atoms with E-state index in [1.165, 1.54) is 42.6 Å². The Hall–Kier alpha value is -2.54. The predicted molar refractivity (Wildman–Crippen MR) is 121 cm³/mol. The minimum Gasteiger partial charge on any atom is -0.379 e. The summed E-state index contributed by atoms with van der Waals surface area (Å²) in [4.78, 5) is 9.52. The van der Waals surface area contributed by atoms with Crippen LogP contribution in [0.5, 0.6) is 0 Å².